The molecule has 1 unspecified atom stereocenters. The van der Waals surface area contributed by atoms with Crippen LogP contribution < -0.4 is 15.8 Å². The quantitative estimate of drug-likeness (QED) is 0.634. The monoisotopic (exact) mass is 280 g/mol. The third-order valence-electron chi connectivity index (χ3n) is 3.29. The highest BCUT2D eigenvalue weighted by atomic mass is 16.5. The first kappa shape index (κ1) is 16.3. The number of nitrogens with one attached hydrogen (secondary N) is 1. The van der Waals surface area contributed by atoms with Crippen LogP contribution in [0.1, 0.15) is 36.5 Å². The van der Waals surface area contributed by atoms with Gasteiger partial charge in [0.1, 0.15) is 5.75 Å². The Kier molecular flexibility index (Phi) is 6.87. The molecule has 20 heavy (non-hydrogen) atoms. The standard InChI is InChI=1S/C15H24N2O3/c1-3-4-11(7-8-18)10-17-15(19)13-9-12(20-2)5-6-14(13)16/h5-6,9,11,18H,3-4,7-8,10,16H2,1-2H3,(H,17,19). The molecule has 1 atom stereocenters. The van der Waals surface area contributed by atoms with E-state index in [-0.39, 0.29) is 12.5 Å². The Morgan fingerprint density at radius 2 is 2.20 bits per heavy atom. The molecule has 5 nitrogen and oxygen atoms in total. The van der Waals surface area contributed by atoms with Crippen molar-refractivity contribution in [2.24, 2.45) is 5.92 Å². The lowest BCUT2D eigenvalue weighted by Gasteiger charge is -2.16. The maximum Gasteiger partial charge on any atom is 0.253 e. The number of aliphatic hydroxyl groups excluding tert-OH is 1. The first-order valence-electron chi connectivity index (χ1n) is 6.94. The second kappa shape index (κ2) is 8.43. The number of benzene rings is 1. The number of aliphatic hydroxyl groups is 1. The van der Waals surface area contributed by atoms with Crippen molar-refractivity contribution in [1.29, 1.82) is 0 Å². The molecular weight excluding hydrogens is 256 g/mol. The molecule has 0 fully saturated rings. The van der Waals surface area contributed by atoms with E-state index in [1.165, 1.54) is 0 Å². The molecule has 1 amide bonds. The second-order valence-electron chi connectivity index (χ2n) is 4.83. The molecule has 0 spiro atoms. The molecule has 0 bridgehead atoms. The number of methoxy groups -OCH3 is 1. The van der Waals surface area contributed by atoms with E-state index < -0.39 is 0 Å². The van der Waals surface area contributed by atoms with Gasteiger partial charge in [-0.15, -0.1) is 0 Å². The van der Waals surface area contributed by atoms with Crippen LogP contribution in [0.2, 0.25) is 0 Å². The van der Waals surface area contributed by atoms with E-state index in [1.807, 2.05) is 0 Å². The lowest BCUT2D eigenvalue weighted by atomic mass is 10.00. The van der Waals surface area contributed by atoms with Crippen LogP contribution in [0, 0.1) is 5.92 Å². The summed E-state index contributed by atoms with van der Waals surface area (Å²) in [7, 11) is 1.55. The molecule has 0 aliphatic rings. The summed E-state index contributed by atoms with van der Waals surface area (Å²) in [5, 5.41) is 11.9. The van der Waals surface area contributed by atoms with Crippen molar-refractivity contribution in [2.45, 2.75) is 26.2 Å². The van der Waals surface area contributed by atoms with Gasteiger partial charge in [-0.1, -0.05) is 13.3 Å². The van der Waals surface area contributed by atoms with Crippen LogP contribution in [0.25, 0.3) is 0 Å². The number of carbonyl (C=O) groups excluding carboxylic acids is 1. The van der Waals surface area contributed by atoms with Crippen LogP contribution >= 0.6 is 0 Å². The SMILES string of the molecule is CCCC(CCO)CNC(=O)c1cc(OC)ccc1N. The van der Waals surface area contributed by atoms with Crippen molar-refractivity contribution >= 4 is 11.6 Å². The molecule has 0 heterocycles. The fourth-order valence-electron chi connectivity index (χ4n) is 2.13. The minimum atomic E-state index is -0.208. The number of rotatable bonds is 8. The van der Waals surface area contributed by atoms with Gasteiger partial charge < -0.3 is 20.9 Å². The molecule has 1 rings (SSSR count). The number of amides is 1. The van der Waals surface area contributed by atoms with E-state index >= 15 is 0 Å². The summed E-state index contributed by atoms with van der Waals surface area (Å²) in [6.07, 6.45) is 2.71. The zero-order valence-corrected chi connectivity index (χ0v) is 12.2. The van der Waals surface area contributed by atoms with Crippen LogP contribution in [0.5, 0.6) is 5.75 Å². The molecule has 0 aliphatic carbocycles. The molecule has 0 saturated heterocycles. The average molecular weight is 280 g/mol. The Labute approximate surface area is 120 Å². The van der Waals surface area contributed by atoms with Gasteiger partial charge in [-0.05, 0) is 37.0 Å². The topological polar surface area (TPSA) is 84.6 Å². The minimum Gasteiger partial charge on any atom is -0.497 e. The summed E-state index contributed by atoms with van der Waals surface area (Å²) in [6, 6.07) is 5.01. The number of carbonyl (C=O) groups is 1. The fourth-order valence-corrected chi connectivity index (χ4v) is 2.13. The fraction of sp³-hybridized carbons (Fsp3) is 0.533. The molecule has 0 aromatic heterocycles. The Morgan fingerprint density at radius 1 is 1.45 bits per heavy atom. The van der Waals surface area contributed by atoms with Gasteiger partial charge >= 0.3 is 0 Å². The number of hydrogen-bond donors (Lipinski definition) is 3. The van der Waals surface area contributed by atoms with Gasteiger partial charge in [-0.2, -0.15) is 0 Å². The van der Waals surface area contributed by atoms with Gasteiger partial charge in [-0.3, -0.25) is 4.79 Å². The predicted octanol–water partition coefficient (Wildman–Crippen LogP) is 1.81. The van der Waals surface area contributed by atoms with E-state index in [2.05, 4.69) is 12.2 Å². The Bertz CT molecular complexity index is 429. The molecule has 112 valence electrons. The van der Waals surface area contributed by atoms with Gasteiger partial charge in [0.2, 0.25) is 0 Å². The minimum absolute atomic E-state index is 0.141. The highest BCUT2D eigenvalue weighted by molar-refractivity contribution is 5.99. The third-order valence-corrected chi connectivity index (χ3v) is 3.29. The number of anilines is 1. The molecule has 5 heteroatoms. The molecule has 0 saturated carbocycles. The smallest absolute Gasteiger partial charge is 0.253 e. The van der Waals surface area contributed by atoms with E-state index in [4.69, 9.17) is 15.6 Å². The summed E-state index contributed by atoms with van der Waals surface area (Å²) in [4.78, 5) is 12.1. The summed E-state index contributed by atoms with van der Waals surface area (Å²) < 4.78 is 5.09. The van der Waals surface area contributed by atoms with Gasteiger partial charge in [0.15, 0.2) is 0 Å². The summed E-state index contributed by atoms with van der Waals surface area (Å²) >= 11 is 0. The van der Waals surface area contributed by atoms with Gasteiger partial charge in [-0.25, -0.2) is 0 Å². The van der Waals surface area contributed by atoms with E-state index in [0.717, 1.165) is 12.8 Å². The lowest BCUT2D eigenvalue weighted by molar-refractivity contribution is 0.0943. The second-order valence-corrected chi connectivity index (χ2v) is 4.83. The average Bonchev–Trinajstić information content (AvgIpc) is 2.45. The highest BCUT2D eigenvalue weighted by Crippen LogP contribution is 2.19. The Balaban J connectivity index is 2.65. The first-order chi connectivity index (χ1) is 9.62. The zero-order chi connectivity index (χ0) is 15.0. The number of nitrogen functional groups attached to an aromatic ring is 1. The molecule has 1 aromatic carbocycles. The van der Waals surface area contributed by atoms with Crippen LogP contribution in [0.3, 0.4) is 0 Å². The van der Waals surface area contributed by atoms with Crippen molar-refractivity contribution in [3.63, 3.8) is 0 Å². The van der Waals surface area contributed by atoms with Crippen LogP contribution in [0.4, 0.5) is 5.69 Å². The molecule has 4 N–H and O–H groups in total. The molecule has 1 aromatic rings. The third kappa shape index (κ3) is 4.74. The molecule has 0 aliphatic heterocycles. The summed E-state index contributed by atoms with van der Waals surface area (Å²) in [5.74, 6) is 0.686. The van der Waals surface area contributed by atoms with Gasteiger partial charge in [0, 0.05) is 18.8 Å². The summed E-state index contributed by atoms with van der Waals surface area (Å²) in [5.41, 5.74) is 6.66. The zero-order valence-electron chi connectivity index (χ0n) is 12.2. The van der Waals surface area contributed by atoms with E-state index in [1.54, 1.807) is 25.3 Å². The first-order valence-corrected chi connectivity index (χ1v) is 6.94. The Morgan fingerprint density at radius 3 is 2.80 bits per heavy atom. The maximum atomic E-state index is 12.1. The number of hydrogen-bond acceptors (Lipinski definition) is 4. The van der Waals surface area contributed by atoms with Crippen molar-refractivity contribution in [2.75, 3.05) is 26.0 Å². The highest BCUT2D eigenvalue weighted by Gasteiger charge is 2.13. The van der Waals surface area contributed by atoms with E-state index in [0.29, 0.717) is 35.9 Å². The molecule has 0 radical (unpaired) electrons. The van der Waals surface area contributed by atoms with E-state index in [9.17, 15) is 4.79 Å². The predicted molar refractivity (Wildman–Crippen MR) is 79.8 cm³/mol. The van der Waals surface area contributed by atoms with Crippen molar-refractivity contribution in [3.8, 4) is 5.75 Å². The molecular formula is C15H24N2O3. The van der Waals surface area contributed by atoms with Gasteiger partial charge in [0.25, 0.3) is 5.91 Å². The van der Waals surface area contributed by atoms with Gasteiger partial charge in [0.05, 0.1) is 12.7 Å². The Hall–Kier alpha value is -1.75. The normalized spacial score (nSPS) is 11.9. The number of nitrogens with two attached hydrogens (primary N) is 1. The van der Waals surface area contributed by atoms with Crippen molar-refractivity contribution in [3.05, 3.63) is 23.8 Å². The largest absolute Gasteiger partial charge is 0.497 e. The van der Waals surface area contributed by atoms with Crippen molar-refractivity contribution in [1.82, 2.24) is 5.32 Å². The summed E-state index contributed by atoms with van der Waals surface area (Å²) in [6.45, 7) is 2.78. The van der Waals surface area contributed by atoms with Crippen LogP contribution in [-0.2, 0) is 0 Å². The van der Waals surface area contributed by atoms with Crippen molar-refractivity contribution < 1.29 is 14.6 Å². The maximum absolute atomic E-state index is 12.1. The van der Waals surface area contributed by atoms with Crippen LogP contribution in [-0.4, -0.2) is 31.3 Å². The lowest BCUT2D eigenvalue weighted by Crippen LogP contribution is -2.30. The van der Waals surface area contributed by atoms with Crippen LogP contribution in [0.15, 0.2) is 18.2 Å². The number of ether oxygens (including phenoxy) is 1.